The number of esters is 1. The highest BCUT2D eigenvalue weighted by molar-refractivity contribution is 5.91. The van der Waals surface area contributed by atoms with Gasteiger partial charge in [-0.1, -0.05) is 12.2 Å². The van der Waals surface area contributed by atoms with Gasteiger partial charge in [0.25, 0.3) is 0 Å². The molecule has 6 heteroatoms. The molecule has 2 fully saturated rings. The van der Waals surface area contributed by atoms with Gasteiger partial charge in [-0.3, -0.25) is 14.4 Å². The molecule has 4 atom stereocenters. The number of carbonyl (C=O) groups excluding carboxylic acids is 3. The standard InChI is InChI=1S/C19H21NO5/c1-10(21)14-6-3-11(25-14)9-20-17(22)15-12-4-5-13(19(12)7-8-19)16(15)18(23)24-2/h3-6,12-13,15-16H,7-9H2,1-2H3,(H,20,22)/t12-,13+,15?,16+/m0/s1. The lowest BCUT2D eigenvalue weighted by Crippen LogP contribution is -2.40. The average molecular weight is 343 g/mol. The van der Waals surface area contributed by atoms with Crippen LogP contribution in [-0.2, 0) is 20.9 Å². The molecule has 1 aromatic heterocycles. The molecule has 25 heavy (non-hydrogen) atoms. The maximum atomic E-state index is 12.8. The Morgan fingerprint density at radius 2 is 1.88 bits per heavy atom. The molecule has 2 saturated carbocycles. The summed E-state index contributed by atoms with van der Waals surface area (Å²) >= 11 is 0. The highest BCUT2D eigenvalue weighted by atomic mass is 16.5. The van der Waals surface area contributed by atoms with Gasteiger partial charge in [-0.2, -0.15) is 0 Å². The third kappa shape index (κ3) is 2.34. The molecule has 1 amide bonds. The van der Waals surface area contributed by atoms with Gasteiger partial charge in [-0.05, 0) is 42.2 Å². The number of methoxy groups -OCH3 is 1. The third-order valence-corrected chi connectivity index (χ3v) is 6.06. The Balaban J connectivity index is 1.49. The first-order valence-electron chi connectivity index (χ1n) is 8.61. The molecule has 2 bridgehead atoms. The predicted octanol–water partition coefficient (Wildman–Crippen LogP) is 2.10. The van der Waals surface area contributed by atoms with E-state index in [2.05, 4.69) is 17.5 Å². The smallest absolute Gasteiger partial charge is 0.310 e. The fraction of sp³-hybridized carbons (Fsp3) is 0.526. The van der Waals surface area contributed by atoms with Crippen LogP contribution in [0.4, 0.5) is 0 Å². The van der Waals surface area contributed by atoms with Crippen molar-refractivity contribution in [1.29, 1.82) is 0 Å². The molecule has 6 nitrogen and oxygen atoms in total. The molecule has 4 rings (SSSR count). The quantitative estimate of drug-likeness (QED) is 0.503. The predicted molar refractivity (Wildman–Crippen MR) is 87.3 cm³/mol. The van der Waals surface area contributed by atoms with Gasteiger partial charge >= 0.3 is 5.97 Å². The summed E-state index contributed by atoms with van der Waals surface area (Å²) < 4.78 is 10.4. The number of furan rings is 1. The van der Waals surface area contributed by atoms with Crippen LogP contribution in [-0.4, -0.2) is 24.8 Å². The van der Waals surface area contributed by atoms with Crippen molar-refractivity contribution in [2.24, 2.45) is 29.1 Å². The number of ether oxygens (including phenoxy) is 1. The fourth-order valence-electron chi connectivity index (χ4n) is 4.77. The average Bonchev–Trinajstić information content (AvgIpc) is 3.01. The van der Waals surface area contributed by atoms with Gasteiger partial charge in [0.05, 0.1) is 25.5 Å². The summed E-state index contributed by atoms with van der Waals surface area (Å²) in [5.41, 5.74) is 0.0906. The summed E-state index contributed by atoms with van der Waals surface area (Å²) in [5.74, 6) is -0.417. The molecule has 132 valence electrons. The first-order valence-corrected chi connectivity index (χ1v) is 8.61. The molecule has 3 aliphatic rings. The van der Waals surface area contributed by atoms with Gasteiger partial charge in [0.2, 0.25) is 5.91 Å². The van der Waals surface area contributed by atoms with Crippen LogP contribution in [0.3, 0.4) is 0 Å². The van der Waals surface area contributed by atoms with E-state index in [9.17, 15) is 14.4 Å². The van der Waals surface area contributed by atoms with E-state index in [0.29, 0.717) is 5.76 Å². The van der Waals surface area contributed by atoms with Gasteiger partial charge < -0.3 is 14.5 Å². The number of hydrogen-bond acceptors (Lipinski definition) is 5. The van der Waals surface area contributed by atoms with Crippen LogP contribution >= 0.6 is 0 Å². The maximum absolute atomic E-state index is 12.8. The van der Waals surface area contributed by atoms with E-state index in [1.165, 1.54) is 14.0 Å². The molecule has 1 spiro atoms. The molecule has 0 radical (unpaired) electrons. The molecular weight excluding hydrogens is 322 g/mol. The summed E-state index contributed by atoms with van der Waals surface area (Å²) in [6.45, 7) is 1.63. The van der Waals surface area contributed by atoms with Crippen LogP contribution in [0.1, 0.15) is 36.1 Å². The van der Waals surface area contributed by atoms with E-state index in [-0.39, 0.29) is 47.2 Å². The number of nitrogens with one attached hydrogen (secondary N) is 1. The van der Waals surface area contributed by atoms with Gasteiger partial charge in [0.1, 0.15) is 5.76 Å². The lowest BCUT2D eigenvalue weighted by molar-refractivity contribution is -0.151. The molecular formula is C19H21NO5. The van der Waals surface area contributed by atoms with E-state index in [4.69, 9.17) is 9.15 Å². The minimum atomic E-state index is -0.410. The third-order valence-electron chi connectivity index (χ3n) is 6.06. The topological polar surface area (TPSA) is 85.6 Å². The number of Topliss-reactive ketones (excluding diaryl/α,β-unsaturated/α-hetero) is 1. The Hall–Kier alpha value is -2.37. The van der Waals surface area contributed by atoms with Crippen molar-refractivity contribution >= 4 is 17.7 Å². The fourth-order valence-corrected chi connectivity index (χ4v) is 4.77. The summed E-state index contributed by atoms with van der Waals surface area (Å²) in [6.07, 6.45) is 6.32. The van der Waals surface area contributed by atoms with Crippen molar-refractivity contribution in [3.05, 3.63) is 35.8 Å². The van der Waals surface area contributed by atoms with Crippen molar-refractivity contribution < 1.29 is 23.5 Å². The van der Waals surface area contributed by atoms with Crippen LogP contribution in [0.5, 0.6) is 0 Å². The van der Waals surface area contributed by atoms with E-state index >= 15 is 0 Å². The normalized spacial score (nSPS) is 30.5. The zero-order valence-corrected chi connectivity index (χ0v) is 14.3. The van der Waals surface area contributed by atoms with Crippen LogP contribution < -0.4 is 5.32 Å². The summed E-state index contributed by atoms with van der Waals surface area (Å²) in [5, 5.41) is 2.87. The van der Waals surface area contributed by atoms with Gasteiger partial charge in [0.15, 0.2) is 11.5 Å². The van der Waals surface area contributed by atoms with Crippen molar-refractivity contribution in [1.82, 2.24) is 5.32 Å². The second-order valence-electron chi connectivity index (χ2n) is 7.28. The molecule has 1 unspecified atom stereocenters. The minimum Gasteiger partial charge on any atom is -0.469 e. The summed E-state index contributed by atoms with van der Waals surface area (Å²) in [6, 6.07) is 3.28. The second-order valence-corrected chi connectivity index (χ2v) is 7.28. The van der Waals surface area contributed by atoms with Crippen LogP contribution in [0.25, 0.3) is 0 Å². The molecule has 0 saturated heterocycles. The Bertz CT molecular complexity index is 773. The molecule has 1 heterocycles. The monoisotopic (exact) mass is 343 g/mol. The molecule has 0 aromatic carbocycles. The highest BCUT2D eigenvalue weighted by Crippen LogP contribution is 2.72. The van der Waals surface area contributed by atoms with Gasteiger partial charge in [-0.15, -0.1) is 0 Å². The first kappa shape index (κ1) is 16.1. The van der Waals surface area contributed by atoms with E-state index in [1.54, 1.807) is 12.1 Å². The Morgan fingerprint density at radius 3 is 2.44 bits per heavy atom. The summed E-state index contributed by atoms with van der Waals surface area (Å²) in [4.78, 5) is 36.4. The largest absolute Gasteiger partial charge is 0.469 e. The van der Waals surface area contributed by atoms with Crippen molar-refractivity contribution in [3.63, 3.8) is 0 Å². The maximum Gasteiger partial charge on any atom is 0.310 e. The van der Waals surface area contributed by atoms with Crippen molar-refractivity contribution in [2.45, 2.75) is 26.3 Å². The lowest BCUT2D eigenvalue weighted by Gasteiger charge is -2.24. The van der Waals surface area contributed by atoms with Crippen molar-refractivity contribution in [3.8, 4) is 0 Å². The molecule has 3 aliphatic carbocycles. The number of carbonyl (C=O) groups is 3. The summed E-state index contributed by atoms with van der Waals surface area (Å²) in [7, 11) is 1.37. The molecule has 1 aromatic rings. The number of hydrogen-bond donors (Lipinski definition) is 1. The van der Waals surface area contributed by atoms with E-state index in [0.717, 1.165) is 12.8 Å². The zero-order chi connectivity index (χ0) is 17.8. The number of amides is 1. The molecule has 0 aliphatic heterocycles. The van der Waals surface area contributed by atoms with Crippen LogP contribution in [0.15, 0.2) is 28.7 Å². The number of allylic oxidation sites excluding steroid dienone is 2. The second kappa shape index (κ2) is 5.58. The number of ketones is 1. The van der Waals surface area contributed by atoms with Gasteiger partial charge in [0, 0.05) is 6.92 Å². The Labute approximate surface area is 145 Å². The van der Waals surface area contributed by atoms with Crippen molar-refractivity contribution in [2.75, 3.05) is 7.11 Å². The van der Waals surface area contributed by atoms with Crippen LogP contribution in [0, 0.1) is 29.1 Å². The highest BCUT2D eigenvalue weighted by Gasteiger charge is 2.70. The minimum absolute atomic E-state index is 0.0906. The van der Waals surface area contributed by atoms with E-state index in [1.807, 2.05) is 0 Å². The number of rotatable bonds is 5. The van der Waals surface area contributed by atoms with E-state index < -0.39 is 11.8 Å². The molecule has 1 N–H and O–H groups in total. The zero-order valence-electron chi connectivity index (χ0n) is 14.3. The Kier molecular flexibility index (Phi) is 3.60. The lowest BCUT2D eigenvalue weighted by atomic mass is 9.82. The first-order chi connectivity index (χ1) is 12.0. The SMILES string of the molecule is COC(=O)[C@H]1C(C(=O)NCc2ccc(C(C)=O)o2)[C@@H]2C=C[C@H]1C21CC1. The van der Waals surface area contributed by atoms with Gasteiger partial charge in [-0.25, -0.2) is 0 Å². The Morgan fingerprint density at radius 1 is 1.20 bits per heavy atom. The van der Waals surface area contributed by atoms with Crippen LogP contribution in [0.2, 0.25) is 0 Å².